The van der Waals surface area contributed by atoms with Crippen LogP contribution in [0.1, 0.15) is 28.6 Å². The Morgan fingerprint density at radius 3 is 2.79 bits per heavy atom. The van der Waals surface area contributed by atoms with Gasteiger partial charge in [-0.15, -0.1) is 0 Å². The number of methoxy groups -OCH3 is 1. The van der Waals surface area contributed by atoms with Crippen molar-refractivity contribution in [1.29, 1.82) is 0 Å². The van der Waals surface area contributed by atoms with Crippen LogP contribution in [-0.4, -0.2) is 18.0 Å². The molecule has 0 bridgehead atoms. The van der Waals surface area contributed by atoms with Crippen LogP contribution in [0.25, 0.3) is 21.9 Å². The van der Waals surface area contributed by atoms with E-state index in [1.54, 1.807) is 25.3 Å². The topological polar surface area (TPSA) is 84.3 Å². The third-order valence-electron chi connectivity index (χ3n) is 4.96. The minimum Gasteiger partial charge on any atom is -0.493 e. The van der Waals surface area contributed by atoms with Gasteiger partial charge in [0.05, 0.1) is 12.6 Å². The number of nitrogens with one attached hydrogen (secondary N) is 2. The van der Waals surface area contributed by atoms with Crippen molar-refractivity contribution in [3.05, 3.63) is 69.7 Å². The quantitative estimate of drug-likeness (QED) is 0.553. The highest BCUT2D eigenvalue weighted by Crippen LogP contribution is 2.29. The number of hydrogen-bond donors (Lipinski definition) is 2. The molecule has 2 aromatic heterocycles. The third kappa shape index (κ3) is 2.93. The number of rotatable bonds is 4. The van der Waals surface area contributed by atoms with Crippen molar-refractivity contribution >= 4 is 33.5 Å². The van der Waals surface area contributed by atoms with Crippen LogP contribution in [0.4, 0.5) is 5.69 Å². The van der Waals surface area contributed by atoms with E-state index in [9.17, 15) is 9.59 Å². The summed E-state index contributed by atoms with van der Waals surface area (Å²) in [5, 5.41) is 4.57. The number of pyridine rings is 1. The lowest BCUT2D eigenvalue weighted by Gasteiger charge is -2.09. The van der Waals surface area contributed by atoms with Gasteiger partial charge in [0.1, 0.15) is 0 Å². The van der Waals surface area contributed by atoms with Gasteiger partial charge < -0.3 is 19.5 Å². The number of carbonyl (C=O) groups is 1. The molecule has 2 heterocycles. The number of para-hydroxylation sites is 1. The summed E-state index contributed by atoms with van der Waals surface area (Å²) in [5.74, 6) is 0.384. The summed E-state index contributed by atoms with van der Waals surface area (Å²) >= 11 is 0. The first kappa shape index (κ1) is 17.9. The average Bonchev–Trinajstić information content (AvgIpc) is 3.12. The highest BCUT2D eigenvalue weighted by atomic mass is 16.5. The van der Waals surface area contributed by atoms with Gasteiger partial charge in [0.2, 0.25) is 0 Å². The Hall–Kier alpha value is -3.54. The molecule has 2 N–H and O–H groups in total. The molecule has 142 valence electrons. The summed E-state index contributed by atoms with van der Waals surface area (Å²) in [6.45, 7) is 3.90. The molecule has 0 spiro atoms. The number of aromatic amines is 1. The van der Waals surface area contributed by atoms with Gasteiger partial charge in [-0.3, -0.25) is 9.59 Å². The minimum atomic E-state index is -0.373. The molecule has 28 heavy (non-hydrogen) atoms. The fourth-order valence-corrected chi connectivity index (χ4v) is 3.51. The number of ether oxygens (including phenoxy) is 1. The van der Waals surface area contributed by atoms with E-state index < -0.39 is 0 Å². The molecule has 0 atom stereocenters. The molecule has 0 unspecified atom stereocenters. The van der Waals surface area contributed by atoms with Gasteiger partial charge in [-0.05, 0) is 43.2 Å². The Bertz CT molecular complexity index is 1270. The molecule has 6 heteroatoms. The van der Waals surface area contributed by atoms with E-state index in [-0.39, 0.29) is 17.2 Å². The predicted octanol–water partition coefficient (Wildman–Crippen LogP) is 4.41. The molecule has 4 rings (SSSR count). The van der Waals surface area contributed by atoms with Crippen molar-refractivity contribution in [1.82, 2.24) is 4.98 Å². The number of benzene rings is 2. The van der Waals surface area contributed by atoms with Gasteiger partial charge in [-0.2, -0.15) is 0 Å². The summed E-state index contributed by atoms with van der Waals surface area (Å²) in [6, 6.07) is 12.6. The van der Waals surface area contributed by atoms with E-state index in [4.69, 9.17) is 9.15 Å². The van der Waals surface area contributed by atoms with Crippen molar-refractivity contribution in [2.24, 2.45) is 0 Å². The van der Waals surface area contributed by atoms with E-state index >= 15 is 0 Å². The van der Waals surface area contributed by atoms with E-state index in [2.05, 4.69) is 10.3 Å². The maximum atomic E-state index is 12.6. The van der Waals surface area contributed by atoms with Gasteiger partial charge in [0.15, 0.2) is 17.1 Å². The zero-order valence-corrected chi connectivity index (χ0v) is 15.9. The van der Waals surface area contributed by atoms with Crippen LogP contribution in [0, 0.1) is 6.92 Å². The molecule has 1 amide bonds. The Labute approximate surface area is 161 Å². The molecular weight excluding hydrogens is 356 g/mol. The fraction of sp³-hybridized carbons (Fsp3) is 0.182. The van der Waals surface area contributed by atoms with Gasteiger partial charge in [-0.25, -0.2) is 0 Å². The SMILES string of the molecule is CCc1c(C)c2ccc(NC(=O)c3cc4cccc(OC)c4o3)cc2[nH]c1=O. The van der Waals surface area contributed by atoms with Crippen LogP contribution in [0.5, 0.6) is 5.75 Å². The van der Waals surface area contributed by atoms with Crippen molar-refractivity contribution in [3.63, 3.8) is 0 Å². The van der Waals surface area contributed by atoms with Crippen molar-refractivity contribution in [2.75, 3.05) is 12.4 Å². The van der Waals surface area contributed by atoms with E-state index in [1.807, 2.05) is 38.1 Å². The van der Waals surface area contributed by atoms with Crippen molar-refractivity contribution in [3.8, 4) is 5.75 Å². The Balaban J connectivity index is 1.68. The number of aromatic nitrogens is 1. The first-order valence-electron chi connectivity index (χ1n) is 9.05. The van der Waals surface area contributed by atoms with Crippen LogP contribution in [0.3, 0.4) is 0 Å². The Morgan fingerprint density at radius 1 is 1.21 bits per heavy atom. The zero-order valence-electron chi connectivity index (χ0n) is 15.9. The van der Waals surface area contributed by atoms with Gasteiger partial charge in [-0.1, -0.05) is 25.1 Å². The van der Waals surface area contributed by atoms with Crippen LogP contribution < -0.4 is 15.6 Å². The summed E-state index contributed by atoms with van der Waals surface area (Å²) in [5.41, 5.74) is 3.43. The summed E-state index contributed by atoms with van der Waals surface area (Å²) in [7, 11) is 1.55. The predicted molar refractivity (Wildman–Crippen MR) is 109 cm³/mol. The molecule has 4 aromatic rings. The molecule has 0 aliphatic rings. The van der Waals surface area contributed by atoms with Crippen LogP contribution in [-0.2, 0) is 6.42 Å². The number of furan rings is 1. The fourth-order valence-electron chi connectivity index (χ4n) is 3.51. The number of fused-ring (bicyclic) bond motifs is 2. The normalized spacial score (nSPS) is 11.1. The number of H-pyrrole nitrogens is 1. The van der Waals surface area contributed by atoms with E-state index in [0.29, 0.717) is 29.0 Å². The molecule has 0 fully saturated rings. The molecule has 0 aliphatic heterocycles. The van der Waals surface area contributed by atoms with E-state index in [1.165, 1.54) is 0 Å². The van der Waals surface area contributed by atoms with Crippen molar-refractivity contribution < 1.29 is 13.9 Å². The monoisotopic (exact) mass is 376 g/mol. The van der Waals surface area contributed by atoms with Crippen molar-refractivity contribution in [2.45, 2.75) is 20.3 Å². The lowest BCUT2D eigenvalue weighted by atomic mass is 10.0. The third-order valence-corrected chi connectivity index (χ3v) is 4.96. The summed E-state index contributed by atoms with van der Waals surface area (Å²) in [4.78, 5) is 27.8. The van der Waals surface area contributed by atoms with Crippen LogP contribution in [0.2, 0.25) is 0 Å². The lowest BCUT2D eigenvalue weighted by molar-refractivity contribution is 0.0998. The first-order valence-corrected chi connectivity index (χ1v) is 9.05. The molecule has 0 aliphatic carbocycles. The van der Waals surface area contributed by atoms with Gasteiger partial charge in [0, 0.05) is 22.0 Å². The largest absolute Gasteiger partial charge is 0.493 e. The summed E-state index contributed by atoms with van der Waals surface area (Å²) < 4.78 is 11.0. The number of hydrogen-bond acceptors (Lipinski definition) is 4. The molecule has 0 radical (unpaired) electrons. The standard InChI is InChI=1S/C22H20N2O4/c1-4-15-12(2)16-9-8-14(11-17(16)24-21(15)25)23-22(26)19-10-13-6-5-7-18(27-3)20(13)28-19/h5-11H,4H2,1-3H3,(H,23,26)(H,24,25). The number of amides is 1. The number of carbonyl (C=O) groups excluding carboxylic acids is 1. The van der Waals surface area contributed by atoms with Gasteiger partial charge in [0.25, 0.3) is 11.5 Å². The molecular formula is C22H20N2O4. The Kier molecular flexibility index (Phi) is 4.39. The van der Waals surface area contributed by atoms with E-state index in [0.717, 1.165) is 21.9 Å². The second-order valence-corrected chi connectivity index (χ2v) is 6.61. The number of anilines is 1. The molecule has 0 saturated carbocycles. The maximum absolute atomic E-state index is 12.6. The Morgan fingerprint density at radius 2 is 2.04 bits per heavy atom. The highest BCUT2D eigenvalue weighted by molar-refractivity contribution is 6.05. The second kappa shape index (κ2) is 6.88. The molecule has 2 aromatic carbocycles. The maximum Gasteiger partial charge on any atom is 0.291 e. The highest BCUT2D eigenvalue weighted by Gasteiger charge is 2.16. The second-order valence-electron chi connectivity index (χ2n) is 6.61. The zero-order chi connectivity index (χ0) is 19.8. The van der Waals surface area contributed by atoms with Gasteiger partial charge >= 0.3 is 0 Å². The molecule has 0 saturated heterocycles. The average molecular weight is 376 g/mol. The summed E-state index contributed by atoms with van der Waals surface area (Å²) in [6.07, 6.45) is 0.672. The van der Waals surface area contributed by atoms with Crippen LogP contribution >= 0.6 is 0 Å². The molecule has 6 nitrogen and oxygen atoms in total. The number of aryl methyl sites for hydroxylation is 1. The van der Waals surface area contributed by atoms with Crippen LogP contribution in [0.15, 0.2) is 51.7 Å². The first-order chi connectivity index (χ1) is 13.5. The smallest absolute Gasteiger partial charge is 0.291 e. The lowest BCUT2D eigenvalue weighted by Crippen LogP contribution is -2.15. The minimum absolute atomic E-state index is 0.0969.